The average molecular weight is 489 g/mol. The van der Waals surface area contributed by atoms with Crippen molar-refractivity contribution in [2.24, 2.45) is 0 Å². The number of nitrogens with two attached hydrogens (primary N) is 1. The van der Waals surface area contributed by atoms with Gasteiger partial charge in [0.2, 0.25) is 5.88 Å². The normalized spacial score (nSPS) is 11.1. The molecule has 1 heterocycles. The van der Waals surface area contributed by atoms with Crippen LogP contribution in [0.3, 0.4) is 0 Å². The van der Waals surface area contributed by atoms with Gasteiger partial charge in [0.05, 0.1) is 0 Å². The van der Waals surface area contributed by atoms with Gasteiger partial charge in [0.1, 0.15) is 17.8 Å². The Balaban J connectivity index is 1.57. The van der Waals surface area contributed by atoms with E-state index in [1.165, 1.54) is 89.8 Å². The molecule has 3 N–H and O–H groups in total. The highest BCUT2D eigenvalue weighted by Crippen LogP contribution is 2.32. The minimum absolute atomic E-state index is 0.361. The highest BCUT2D eigenvalue weighted by atomic mass is 35.5. The molecule has 0 radical (unpaired) electrons. The summed E-state index contributed by atoms with van der Waals surface area (Å²) < 4.78 is 5.92. The van der Waals surface area contributed by atoms with Gasteiger partial charge >= 0.3 is 0 Å². The number of anilines is 2. The van der Waals surface area contributed by atoms with Crippen molar-refractivity contribution in [2.75, 3.05) is 17.6 Å². The van der Waals surface area contributed by atoms with Crippen LogP contribution < -0.4 is 15.8 Å². The van der Waals surface area contributed by atoms with Gasteiger partial charge in [-0.25, -0.2) is 4.98 Å². The van der Waals surface area contributed by atoms with E-state index in [-0.39, 0.29) is 0 Å². The Morgan fingerprint density at radius 1 is 0.794 bits per heavy atom. The van der Waals surface area contributed by atoms with E-state index in [9.17, 15) is 0 Å². The van der Waals surface area contributed by atoms with Crippen LogP contribution in [-0.4, -0.2) is 16.5 Å². The van der Waals surface area contributed by atoms with Crippen LogP contribution in [0.4, 0.5) is 11.5 Å². The first-order valence-corrected chi connectivity index (χ1v) is 13.7. The Kier molecular flexibility index (Phi) is 13.8. The summed E-state index contributed by atoms with van der Waals surface area (Å²) >= 11 is 6.25. The van der Waals surface area contributed by atoms with Crippen LogP contribution in [0.25, 0.3) is 0 Å². The van der Waals surface area contributed by atoms with Crippen molar-refractivity contribution in [1.82, 2.24) is 9.97 Å². The zero-order valence-corrected chi connectivity index (χ0v) is 22.4. The summed E-state index contributed by atoms with van der Waals surface area (Å²) in [7, 11) is 0. The molecule has 0 amide bonds. The fourth-order valence-electron chi connectivity index (χ4n) is 4.20. The first-order chi connectivity index (χ1) is 16.5. The number of rotatable bonds is 18. The Labute approximate surface area is 212 Å². The molecule has 0 unspecified atom stereocenters. The zero-order valence-electron chi connectivity index (χ0n) is 21.6. The van der Waals surface area contributed by atoms with Crippen molar-refractivity contribution in [3.63, 3.8) is 0 Å². The van der Waals surface area contributed by atoms with Crippen molar-refractivity contribution in [3.05, 3.63) is 34.6 Å². The van der Waals surface area contributed by atoms with Crippen molar-refractivity contribution in [3.8, 4) is 11.6 Å². The maximum atomic E-state index is 6.26. The number of nitrogens with zero attached hydrogens (tertiary/aromatic N) is 2. The molecule has 0 spiro atoms. The number of aryl methyl sites for hydroxylation is 2. The Bertz CT molecular complexity index is 820. The first-order valence-electron chi connectivity index (χ1n) is 13.3. The second-order valence-electron chi connectivity index (χ2n) is 9.44. The van der Waals surface area contributed by atoms with Crippen LogP contribution in [0.15, 0.2) is 18.5 Å². The zero-order chi connectivity index (χ0) is 24.6. The molecule has 1 aromatic carbocycles. The highest BCUT2D eigenvalue weighted by Gasteiger charge is 2.11. The molecule has 190 valence electrons. The van der Waals surface area contributed by atoms with Crippen LogP contribution >= 0.6 is 11.6 Å². The second kappa shape index (κ2) is 16.6. The third-order valence-electron chi connectivity index (χ3n) is 6.29. The minimum Gasteiger partial charge on any atom is -0.437 e. The number of aromatic nitrogens is 2. The first kappa shape index (κ1) is 28.2. The maximum absolute atomic E-state index is 6.26. The topological polar surface area (TPSA) is 73.1 Å². The highest BCUT2D eigenvalue weighted by molar-refractivity contribution is 6.32. The van der Waals surface area contributed by atoms with Crippen molar-refractivity contribution < 1.29 is 4.74 Å². The number of hydrogen-bond acceptors (Lipinski definition) is 5. The molecular formula is C28H45ClN4O. The molecule has 0 aliphatic carbocycles. The van der Waals surface area contributed by atoms with Gasteiger partial charge in [0.15, 0.2) is 5.82 Å². The molecular weight excluding hydrogens is 444 g/mol. The molecule has 0 bridgehead atoms. The summed E-state index contributed by atoms with van der Waals surface area (Å²) in [4.78, 5) is 8.49. The molecule has 0 aliphatic heterocycles. The lowest BCUT2D eigenvalue weighted by Gasteiger charge is -2.13. The third kappa shape index (κ3) is 10.5. The lowest BCUT2D eigenvalue weighted by atomic mass is 10.0. The molecule has 0 atom stereocenters. The van der Waals surface area contributed by atoms with E-state index in [0.717, 1.165) is 29.1 Å². The van der Waals surface area contributed by atoms with Gasteiger partial charge in [-0.05, 0) is 43.5 Å². The molecule has 1 aromatic heterocycles. The van der Waals surface area contributed by atoms with E-state index in [1.807, 2.05) is 26.0 Å². The van der Waals surface area contributed by atoms with Crippen LogP contribution in [0.2, 0.25) is 5.02 Å². The number of ether oxygens (including phenoxy) is 1. The number of halogens is 1. The fourth-order valence-corrected chi connectivity index (χ4v) is 4.31. The largest absolute Gasteiger partial charge is 0.437 e. The van der Waals surface area contributed by atoms with Gasteiger partial charge in [-0.15, -0.1) is 0 Å². The molecule has 0 fully saturated rings. The van der Waals surface area contributed by atoms with Crippen LogP contribution in [-0.2, 0) is 0 Å². The predicted octanol–water partition coefficient (Wildman–Crippen LogP) is 9.01. The number of benzene rings is 1. The summed E-state index contributed by atoms with van der Waals surface area (Å²) in [5.74, 6) is 1.66. The monoisotopic (exact) mass is 488 g/mol. The Morgan fingerprint density at radius 2 is 1.29 bits per heavy atom. The van der Waals surface area contributed by atoms with E-state index in [2.05, 4.69) is 22.2 Å². The molecule has 5 nitrogen and oxygen atoms in total. The molecule has 2 aromatic rings. The SMILES string of the molecule is CCCCCCCCCCCCCCCCNc1ncnc(Oc2cc(C)c(Cl)c(C)c2)c1N. The molecule has 0 aliphatic rings. The van der Waals surface area contributed by atoms with Crippen molar-refractivity contribution >= 4 is 23.1 Å². The number of hydrogen-bond donors (Lipinski definition) is 2. The summed E-state index contributed by atoms with van der Waals surface area (Å²) in [5, 5.41) is 4.09. The molecule has 34 heavy (non-hydrogen) atoms. The molecule has 6 heteroatoms. The van der Waals surface area contributed by atoms with Gasteiger partial charge < -0.3 is 15.8 Å². The quantitative estimate of drug-likeness (QED) is 0.205. The van der Waals surface area contributed by atoms with Gasteiger partial charge in [-0.2, -0.15) is 4.98 Å². The molecule has 0 saturated heterocycles. The summed E-state index contributed by atoms with van der Waals surface area (Å²) in [6.07, 6.45) is 20.5. The van der Waals surface area contributed by atoms with Crippen LogP contribution in [0, 0.1) is 13.8 Å². The summed E-state index contributed by atoms with van der Waals surface area (Å²) in [6, 6.07) is 3.78. The maximum Gasteiger partial charge on any atom is 0.248 e. The van der Waals surface area contributed by atoms with E-state index in [4.69, 9.17) is 22.1 Å². The summed E-state index contributed by atoms with van der Waals surface area (Å²) in [5.41, 5.74) is 8.61. The van der Waals surface area contributed by atoms with Crippen LogP contribution in [0.1, 0.15) is 108 Å². The lowest BCUT2D eigenvalue weighted by Crippen LogP contribution is -2.08. The fraction of sp³-hybridized carbons (Fsp3) is 0.643. The second-order valence-corrected chi connectivity index (χ2v) is 9.82. The minimum atomic E-state index is 0.361. The molecule has 0 saturated carbocycles. The van der Waals surface area contributed by atoms with E-state index in [1.54, 1.807) is 0 Å². The van der Waals surface area contributed by atoms with Gasteiger partial charge in [0.25, 0.3) is 0 Å². The standard InChI is InChI=1S/C28H45ClN4O/c1-4-5-6-7-8-9-10-11-12-13-14-15-16-17-18-31-27-26(30)28(33-21-32-27)34-24-19-22(2)25(29)23(3)20-24/h19-21H,4-18,30H2,1-3H3,(H,31,32,33). The predicted molar refractivity (Wildman–Crippen MR) is 146 cm³/mol. The smallest absolute Gasteiger partial charge is 0.248 e. The number of nitrogen functional groups attached to an aromatic ring is 1. The van der Waals surface area contributed by atoms with Crippen molar-refractivity contribution in [2.45, 2.75) is 111 Å². The van der Waals surface area contributed by atoms with E-state index < -0.39 is 0 Å². The Morgan fingerprint density at radius 3 is 1.82 bits per heavy atom. The number of nitrogens with one attached hydrogen (secondary N) is 1. The van der Waals surface area contributed by atoms with E-state index >= 15 is 0 Å². The van der Waals surface area contributed by atoms with Gasteiger partial charge in [-0.1, -0.05) is 102 Å². The molecule has 2 rings (SSSR count). The summed E-state index contributed by atoms with van der Waals surface area (Å²) in [6.45, 7) is 7.03. The third-order valence-corrected chi connectivity index (χ3v) is 6.89. The number of unbranched alkanes of at least 4 members (excludes halogenated alkanes) is 13. The van der Waals surface area contributed by atoms with Gasteiger partial charge in [0, 0.05) is 11.6 Å². The van der Waals surface area contributed by atoms with Crippen molar-refractivity contribution in [1.29, 1.82) is 0 Å². The lowest BCUT2D eigenvalue weighted by molar-refractivity contribution is 0.464. The van der Waals surface area contributed by atoms with Gasteiger partial charge in [-0.3, -0.25) is 0 Å². The Hall–Kier alpha value is -2.01. The average Bonchev–Trinajstić information content (AvgIpc) is 2.82. The van der Waals surface area contributed by atoms with E-state index in [0.29, 0.717) is 23.1 Å². The van der Waals surface area contributed by atoms with Crippen LogP contribution in [0.5, 0.6) is 11.6 Å².